The van der Waals surface area contributed by atoms with Crippen LogP contribution in [0.5, 0.6) is 5.75 Å². The van der Waals surface area contributed by atoms with Crippen LogP contribution in [0.4, 0.5) is 34.1 Å². The summed E-state index contributed by atoms with van der Waals surface area (Å²) < 4.78 is 11.4. The second kappa shape index (κ2) is 19.4. The van der Waals surface area contributed by atoms with Gasteiger partial charge in [-0.25, -0.2) is 9.59 Å². The van der Waals surface area contributed by atoms with Gasteiger partial charge in [0.2, 0.25) is 0 Å². The topological polar surface area (TPSA) is 197 Å². The van der Waals surface area contributed by atoms with Crippen molar-refractivity contribution in [2.45, 2.75) is 0 Å². The number of anilines is 2. The standard InChI is InChI=1S/C41H36N8O6/c1-48(37-14-10-35(11-15-37)46-44-33-6-2-29(27-42)3-7-33)19-22-54-39-25-31(40(51)52)24-32(26-39)41(53)55-23-20-49(18-21-50)38-16-12-36(13-17-38)47-45-34-8-4-30(28-43)5-9-34/h2-17,24-26,50H,18-23H2,1H3,(H,51,52). The molecule has 5 aromatic carbocycles. The van der Waals surface area contributed by atoms with Crippen LogP contribution in [0.25, 0.3) is 0 Å². The third kappa shape index (κ3) is 11.5. The Bertz CT molecular complexity index is 2210. The molecular formula is C41H36N8O6. The lowest BCUT2D eigenvalue weighted by Crippen LogP contribution is -2.31. The molecule has 0 aliphatic rings. The molecule has 0 aliphatic heterocycles. The lowest BCUT2D eigenvalue weighted by molar-refractivity contribution is 0.0514. The van der Waals surface area contributed by atoms with Gasteiger partial charge in [-0.2, -0.15) is 31.0 Å². The van der Waals surface area contributed by atoms with Crippen LogP contribution >= 0.6 is 0 Å². The third-order valence-electron chi connectivity index (χ3n) is 8.11. The van der Waals surface area contributed by atoms with E-state index >= 15 is 0 Å². The van der Waals surface area contributed by atoms with E-state index in [0.29, 0.717) is 40.4 Å². The zero-order valence-corrected chi connectivity index (χ0v) is 29.8. The fourth-order valence-corrected chi connectivity index (χ4v) is 5.12. The van der Waals surface area contributed by atoms with Gasteiger partial charge in [0.25, 0.3) is 0 Å². The normalized spacial score (nSPS) is 10.8. The largest absolute Gasteiger partial charge is 0.492 e. The minimum absolute atomic E-state index is 0.0275. The van der Waals surface area contributed by atoms with Crippen molar-refractivity contribution in [3.63, 3.8) is 0 Å². The molecule has 0 aromatic heterocycles. The number of carbonyl (C=O) groups excluding carboxylic acids is 1. The van der Waals surface area contributed by atoms with Crippen LogP contribution in [0.2, 0.25) is 0 Å². The summed E-state index contributed by atoms with van der Waals surface area (Å²) in [5.74, 6) is -1.73. The van der Waals surface area contributed by atoms with Gasteiger partial charge in [-0.3, -0.25) is 0 Å². The molecule has 0 spiro atoms. The number of aliphatic hydroxyl groups is 1. The molecule has 0 aliphatic carbocycles. The number of likely N-dealkylation sites (N-methyl/N-ethyl adjacent to an activating group) is 1. The van der Waals surface area contributed by atoms with E-state index in [-0.39, 0.29) is 49.8 Å². The molecule has 5 aromatic rings. The fourth-order valence-electron chi connectivity index (χ4n) is 5.12. The van der Waals surface area contributed by atoms with E-state index in [1.807, 2.05) is 53.2 Å². The van der Waals surface area contributed by atoms with Gasteiger partial charge in [-0.05, 0) is 115 Å². The number of benzene rings is 5. The van der Waals surface area contributed by atoms with Crippen molar-refractivity contribution in [1.82, 2.24) is 0 Å². The molecule has 5 rings (SSSR count). The smallest absolute Gasteiger partial charge is 0.338 e. The first kappa shape index (κ1) is 38.8. The van der Waals surface area contributed by atoms with Crippen molar-refractivity contribution in [2.24, 2.45) is 20.5 Å². The molecule has 0 unspecified atom stereocenters. The maximum atomic E-state index is 13.1. The molecule has 0 bridgehead atoms. The van der Waals surface area contributed by atoms with E-state index in [2.05, 4.69) is 32.6 Å². The fraction of sp³-hybridized carbons (Fsp3) is 0.171. The van der Waals surface area contributed by atoms with Gasteiger partial charge < -0.3 is 29.5 Å². The summed E-state index contributed by atoms with van der Waals surface area (Å²) in [4.78, 5) is 28.7. The molecule has 276 valence electrons. The van der Waals surface area contributed by atoms with E-state index in [9.17, 15) is 19.8 Å². The first-order valence-electron chi connectivity index (χ1n) is 17.0. The first-order chi connectivity index (χ1) is 26.7. The van der Waals surface area contributed by atoms with Gasteiger partial charge in [-0.15, -0.1) is 0 Å². The molecule has 2 N–H and O–H groups in total. The van der Waals surface area contributed by atoms with Gasteiger partial charge >= 0.3 is 11.9 Å². The highest BCUT2D eigenvalue weighted by Crippen LogP contribution is 2.25. The highest BCUT2D eigenvalue weighted by Gasteiger charge is 2.16. The summed E-state index contributed by atoms with van der Waals surface area (Å²) in [6.45, 7) is 1.01. The van der Waals surface area contributed by atoms with Crippen LogP contribution in [-0.2, 0) is 4.74 Å². The van der Waals surface area contributed by atoms with Crippen LogP contribution < -0.4 is 14.5 Å². The lowest BCUT2D eigenvalue weighted by atomic mass is 10.1. The highest BCUT2D eigenvalue weighted by atomic mass is 16.5. The summed E-state index contributed by atoms with van der Waals surface area (Å²) in [6, 6.07) is 36.2. The number of nitrogens with zero attached hydrogens (tertiary/aromatic N) is 8. The molecule has 0 fully saturated rings. The second-order valence-electron chi connectivity index (χ2n) is 11.9. The van der Waals surface area contributed by atoms with Crippen LogP contribution in [0.15, 0.2) is 136 Å². The average molecular weight is 737 g/mol. The van der Waals surface area contributed by atoms with Gasteiger partial charge in [-0.1, -0.05) is 0 Å². The van der Waals surface area contributed by atoms with Gasteiger partial charge in [0.05, 0.1) is 76.8 Å². The molecule has 14 heteroatoms. The number of ether oxygens (including phenoxy) is 2. The Kier molecular flexibility index (Phi) is 13.7. The summed E-state index contributed by atoms with van der Waals surface area (Å²) in [5.41, 5.74) is 5.12. The molecule has 0 saturated carbocycles. The Balaban J connectivity index is 1.12. The third-order valence-corrected chi connectivity index (χ3v) is 8.11. The van der Waals surface area contributed by atoms with Crippen molar-refractivity contribution in [2.75, 3.05) is 56.3 Å². The average Bonchev–Trinajstić information content (AvgIpc) is 3.22. The van der Waals surface area contributed by atoms with Crippen LogP contribution in [0.3, 0.4) is 0 Å². The van der Waals surface area contributed by atoms with Crippen LogP contribution in [0.1, 0.15) is 31.8 Å². The van der Waals surface area contributed by atoms with Crippen molar-refractivity contribution in [3.8, 4) is 17.9 Å². The maximum Gasteiger partial charge on any atom is 0.338 e. The molecule has 0 saturated heterocycles. The molecule has 0 atom stereocenters. The molecular weight excluding hydrogens is 701 g/mol. The Morgan fingerprint density at radius 1 is 0.636 bits per heavy atom. The second-order valence-corrected chi connectivity index (χ2v) is 11.9. The summed E-state index contributed by atoms with van der Waals surface area (Å²) in [6.07, 6.45) is 0. The number of carboxylic acid groups (broad SMARTS) is 1. The van der Waals surface area contributed by atoms with Crippen molar-refractivity contribution < 1.29 is 29.3 Å². The van der Waals surface area contributed by atoms with Gasteiger partial charge in [0.1, 0.15) is 19.0 Å². The van der Waals surface area contributed by atoms with Crippen molar-refractivity contribution in [3.05, 3.63) is 138 Å². The number of hydrogen-bond donors (Lipinski definition) is 2. The van der Waals surface area contributed by atoms with E-state index < -0.39 is 11.9 Å². The van der Waals surface area contributed by atoms with Crippen LogP contribution in [-0.4, -0.2) is 68.7 Å². The number of esters is 1. The molecule has 55 heavy (non-hydrogen) atoms. The number of aliphatic hydroxyl groups excluding tert-OH is 1. The quantitative estimate of drug-likeness (QED) is 0.0694. The number of aromatic carboxylic acids is 1. The van der Waals surface area contributed by atoms with Crippen molar-refractivity contribution >= 4 is 46.1 Å². The van der Waals surface area contributed by atoms with E-state index in [0.717, 1.165) is 11.4 Å². The SMILES string of the molecule is CN(CCOc1cc(C(=O)O)cc(C(=O)OCCN(CCO)c2ccc(N=Nc3ccc(C#N)cc3)cc2)c1)c1ccc(N=Nc2ccc(C#N)cc2)cc1. The molecule has 0 radical (unpaired) electrons. The summed E-state index contributed by atoms with van der Waals surface area (Å²) >= 11 is 0. The van der Waals surface area contributed by atoms with Crippen LogP contribution in [0, 0.1) is 22.7 Å². The summed E-state index contributed by atoms with van der Waals surface area (Å²) in [5, 5.41) is 54.1. The van der Waals surface area contributed by atoms with E-state index in [1.54, 1.807) is 60.7 Å². The maximum absolute atomic E-state index is 13.1. The van der Waals surface area contributed by atoms with E-state index in [1.165, 1.54) is 18.2 Å². The Morgan fingerprint density at radius 3 is 1.58 bits per heavy atom. The highest BCUT2D eigenvalue weighted by molar-refractivity contribution is 5.95. The predicted molar refractivity (Wildman–Crippen MR) is 205 cm³/mol. The van der Waals surface area contributed by atoms with E-state index in [4.69, 9.17) is 20.0 Å². The minimum Gasteiger partial charge on any atom is -0.492 e. The Labute approximate surface area is 317 Å². The minimum atomic E-state index is -1.22. The van der Waals surface area contributed by atoms with Gasteiger partial charge in [0, 0.05) is 25.0 Å². The Morgan fingerprint density at radius 2 is 1.11 bits per heavy atom. The summed E-state index contributed by atoms with van der Waals surface area (Å²) in [7, 11) is 1.88. The van der Waals surface area contributed by atoms with Crippen molar-refractivity contribution in [1.29, 1.82) is 10.5 Å². The van der Waals surface area contributed by atoms with Gasteiger partial charge in [0.15, 0.2) is 0 Å². The molecule has 0 amide bonds. The molecule has 0 heterocycles. The number of hydrogen-bond acceptors (Lipinski definition) is 13. The number of nitriles is 2. The molecule has 14 nitrogen and oxygen atoms in total. The number of carbonyl (C=O) groups is 2. The number of rotatable bonds is 17. The monoisotopic (exact) mass is 736 g/mol. The zero-order valence-electron chi connectivity index (χ0n) is 29.8. The zero-order chi connectivity index (χ0) is 39.0. The Hall–Kier alpha value is -7.42. The first-order valence-corrected chi connectivity index (χ1v) is 17.0. The predicted octanol–water partition coefficient (Wildman–Crippen LogP) is 8.13. The number of carboxylic acids is 1. The lowest BCUT2D eigenvalue weighted by Gasteiger charge is -2.23. The number of azo groups is 2.